The Morgan fingerprint density at radius 3 is 1.40 bits per heavy atom. The molecule has 0 N–H and O–H groups in total. The number of anilines is 1. The number of benzene rings is 2. The van der Waals surface area contributed by atoms with Crippen LogP contribution in [-0.2, 0) is 4.74 Å². The second-order valence-corrected chi connectivity index (χ2v) is 51.7. The lowest BCUT2D eigenvalue weighted by atomic mass is 10.1. The molecule has 0 aliphatic rings. The standard InChI is InChI=1S/C28H45NO2Si4/c1-29(2)27-18-14-25(15-19-27)21-23-33(6,7)35(10,11)34(8,9)32(4,5)22-20-24-12-16-26(17-13-24)28(30)31-3/h12-23H,1-11H3/b22-20+,23-21+. The third-order valence-electron chi connectivity index (χ3n) is 8.91. The fourth-order valence-electron chi connectivity index (χ4n) is 4.37. The van der Waals surface area contributed by atoms with Gasteiger partial charge in [-0.1, -0.05) is 100 Å². The molecule has 0 fully saturated rings. The fourth-order valence-corrected chi connectivity index (χ4v) is 70.2. The quantitative estimate of drug-likeness (QED) is 0.245. The first-order valence-electron chi connectivity index (χ1n) is 12.4. The molecule has 0 radical (unpaired) electrons. The van der Waals surface area contributed by atoms with Crippen molar-refractivity contribution in [1.82, 2.24) is 0 Å². The van der Waals surface area contributed by atoms with Gasteiger partial charge >= 0.3 is 5.97 Å². The van der Waals surface area contributed by atoms with Gasteiger partial charge in [0.25, 0.3) is 0 Å². The molecule has 2 aromatic carbocycles. The molecule has 0 bridgehead atoms. The molecule has 0 aliphatic carbocycles. The molecule has 0 saturated heterocycles. The molecule has 35 heavy (non-hydrogen) atoms. The van der Waals surface area contributed by atoms with Gasteiger partial charge in [-0.15, -0.1) is 0 Å². The third kappa shape index (κ3) is 6.44. The minimum atomic E-state index is -1.61. The van der Waals surface area contributed by atoms with Crippen LogP contribution >= 0.6 is 0 Å². The van der Waals surface area contributed by atoms with Crippen molar-refractivity contribution in [1.29, 1.82) is 0 Å². The van der Waals surface area contributed by atoms with Crippen molar-refractivity contribution in [2.45, 2.75) is 52.4 Å². The van der Waals surface area contributed by atoms with E-state index in [0.717, 1.165) is 5.56 Å². The maximum Gasteiger partial charge on any atom is 0.337 e. The molecule has 3 nitrogen and oxygen atoms in total. The molecule has 2 rings (SSSR count). The molecule has 190 valence electrons. The van der Waals surface area contributed by atoms with Crippen molar-refractivity contribution < 1.29 is 9.53 Å². The van der Waals surface area contributed by atoms with Crippen molar-refractivity contribution in [2.75, 3.05) is 26.1 Å². The zero-order valence-corrected chi connectivity index (χ0v) is 27.7. The molecule has 2 aromatic rings. The van der Waals surface area contributed by atoms with Crippen LogP contribution in [0.2, 0.25) is 52.4 Å². The Kier molecular flexibility index (Phi) is 9.19. The molecule has 7 heteroatoms. The van der Waals surface area contributed by atoms with E-state index in [1.165, 1.54) is 18.4 Å². The Labute approximate surface area is 217 Å². The van der Waals surface area contributed by atoms with Crippen LogP contribution in [0.4, 0.5) is 5.69 Å². The van der Waals surface area contributed by atoms with E-state index in [4.69, 9.17) is 4.74 Å². The fraction of sp³-hybridized carbons (Fsp3) is 0.393. The summed E-state index contributed by atoms with van der Waals surface area (Å²) in [5.74, 6) is -0.287. The molecule has 0 heterocycles. The van der Waals surface area contributed by atoms with E-state index < -0.39 is 29.4 Å². The zero-order valence-electron chi connectivity index (χ0n) is 23.7. The Bertz CT molecular complexity index is 1070. The molecule has 0 spiro atoms. The Morgan fingerprint density at radius 2 is 1.06 bits per heavy atom. The zero-order chi connectivity index (χ0) is 26.7. The van der Waals surface area contributed by atoms with Crippen molar-refractivity contribution in [3.05, 3.63) is 76.6 Å². The van der Waals surface area contributed by atoms with Gasteiger partial charge in [0.05, 0.1) is 27.9 Å². The van der Waals surface area contributed by atoms with Gasteiger partial charge in [0.1, 0.15) is 0 Å². The van der Waals surface area contributed by atoms with Crippen LogP contribution in [0, 0.1) is 0 Å². The SMILES string of the molecule is COC(=O)c1ccc(/C=C/[Si](C)(C)[Si](C)(C)[Si](C)(C)[Si](C)(C)/C=C/c2ccc(N(C)C)cc2)cc1. The minimum absolute atomic E-state index is 0.287. The molecule has 0 amide bonds. The van der Waals surface area contributed by atoms with Gasteiger partial charge < -0.3 is 9.64 Å². The number of carbonyl (C=O) groups is 1. The maximum absolute atomic E-state index is 11.7. The maximum atomic E-state index is 11.7. The van der Waals surface area contributed by atoms with Crippen molar-refractivity contribution in [3.8, 4) is 0 Å². The summed E-state index contributed by atoms with van der Waals surface area (Å²) in [6, 6.07) is 16.6. The highest BCUT2D eigenvalue weighted by Crippen LogP contribution is 2.37. The van der Waals surface area contributed by atoms with Crippen LogP contribution in [0.5, 0.6) is 0 Å². The van der Waals surface area contributed by atoms with Crippen molar-refractivity contribution in [2.24, 2.45) is 0 Å². The van der Waals surface area contributed by atoms with Gasteiger partial charge in [0, 0.05) is 34.0 Å². The van der Waals surface area contributed by atoms with Crippen LogP contribution in [-0.4, -0.2) is 56.6 Å². The minimum Gasteiger partial charge on any atom is -0.465 e. The van der Waals surface area contributed by atoms with E-state index in [2.05, 4.69) is 119 Å². The molecular formula is C28H45NO2Si4. The van der Waals surface area contributed by atoms with E-state index in [1.54, 1.807) is 0 Å². The second kappa shape index (κ2) is 11.0. The van der Waals surface area contributed by atoms with Gasteiger partial charge in [0.15, 0.2) is 0 Å². The number of rotatable bonds is 9. The number of esters is 1. The van der Waals surface area contributed by atoms with Crippen molar-refractivity contribution in [3.63, 3.8) is 0 Å². The summed E-state index contributed by atoms with van der Waals surface area (Å²) in [5.41, 5.74) is 9.47. The highest BCUT2D eigenvalue weighted by atomic mass is 29.8. The van der Waals surface area contributed by atoms with Gasteiger partial charge in [-0.25, -0.2) is 4.79 Å². The summed E-state index contributed by atoms with van der Waals surface area (Å²) in [6.45, 7) is 21.0. The average molecular weight is 540 g/mol. The smallest absolute Gasteiger partial charge is 0.337 e. The van der Waals surface area contributed by atoms with E-state index >= 15 is 0 Å². The second-order valence-electron chi connectivity index (χ2n) is 12.0. The van der Waals surface area contributed by atoms with E-state index in [9.17, 15) is 4.79 Å². The average Bonchev–Trinajstić information content (AvgIpc) is 2.81. The molecule has 0 unspecified atom stereocenters. The summed E-state index contributed by atoms with van der Waals surface area (Å²) in [6.07, 6.45) is 4.68. The van der Waals surface area contributed by atoms with Crippen molar-refractivity contribution >= 4 is 53.2 Å². The molecule has 0 saturated carbocycles. The number of methoxy groups -OCH3 is 1. The lowest BCUT2D eigenvalue weighted by Gasteiger charge is -2.53. The lowest BCUT2D eigenvalue weighted by molar-refractivity contribution is 0.0600. The monoisotopic (exact) mass is 539 g/mol. The number of ether oxygens (including phenoxy) is 1. The van der Waals surface area contributed by atoms with E-state index in [0.29, 0.717) is 5.56 Å². The first kappa shape index (κ1) is 29.3. The molecule has 0 atom stereocenters. The van der Waals surface area contributed by atoms with Crippen LogP contribution in [0.3, 0.4) is 0 Å². The predicted octanol–water partition coefficient (Wildman–Crippen LogP) is 7.41. The largest absolute Gasteiger partial charge is 0.465 e. The summed E-state index contributed by atoms with van der Waals surface area (Å²) in [7, 11) is -0.624. The summed E-state index contributed by atoms with van der Waals surface area (Å²) in [5, 5.41) is 0. The molecule has 0 aromatic heterocycles. The Balaban J connectivity index is 2.27. The van der Waals surface area contributed by atoms with Gasteiger partial charge in [-0.3, -0.25) is 0 Å². The molecule has 0 aliphatic heterocycles. The number of hydrogen-bond donors (Lipinski definition) is 0. The Morgan fingerprint density at radius 1 is 0.686 bits per heavy atom. The normalized spacial score (nSPS) is 13.5. The van der Waals surface area contributed by atoms with Crippen LogP contribution in [0.15, 0.2) is 59.9 Å². The number of carbonyl (C=O) groups excluding carboxylic acids is 1. The number of nitrogens with zero attached hydrogens (tertiary/aromatic N) is 1. The van der Waals surface area contributed by atoms with Gasteiger partial charge in [-0.05, 0) is 35.4 Å². The van der Waals surface area contributed by atoms with E-state index in [-0.39, 0.29) is 5.97 Å². The molecular weight excluding hydrogens is 495 g/mol. The van der Waals surface area contributed by atoms with Gasteiger partial charge in [-0.2, -0.15) is 0 Å². The van der Waals surface area contributed by atoms with Gasteiger partial charge in [0.2, 0.25) is 0 Å². The van der Waals surface area contributed by atoms with E-state index in [1.807, 2.05) is 24.3 Å². The van der Waals surface area contributed by atoms with Crippen LogP contribution in [0.25, 0.3) is 12.2 Å². The first-order chi connectivity index (χ1) is 16.1. The first-order valence-corrected chi connectivity index (χ1v) is 27.6. The summed E-state index contributed by atoms with van der Waals surface area (Å²) >= 11 is 0. The summed E-state index contributed by atoms with van der Waals surface area (Å²) < 4.78 is 4.82. The van der Waals surface area contributed by atoms with Crippen LogP contribution in [0.1, 0.15) is 21.5 Å². The summed E-state index contributed by atoms with van der Waals surface area (Å²) in [4.78, 5) is 13.9. The highest BCUT2D eigenvalue weighted by molar-refractivity contribution is 7.84. The Hall–Kier alpha value is -1.94. The third-order valence-corrected chi connectivity index (χ3v) is 75.3. The predicted molar refractivity (Wildman–Crippen MR) is 167 cm³/mol. The topological polar surface area (TPSA) is 29.5 Å². The van der Waals surface area contributed by atoms with Crippen LogP contribution < -0.4 is 4.90 Å². The highest BCUT2D eigenvalue weighted by Gasteiger charge is 2.57. The lowest BCUT2D eigenvalue weighted by Crippen LogP contribution is -2.78. The number of hydrogen-bond acceptors (Lipinski definition) is 3.